The summed E-state index contributed by atoms with van der Waals surface area (Å²) in [5, 5.41) is 7.79. The first kappa shape index (κ1) is 27.3. The lowest BCUT2D eigenvalue weighted by Gasteiger charge is -2.24. The van der Waals surface area contributed by atoms with E-state index in [2.05, 4.69) is 161 Å². The Bertz CT molecular complexity index is 2450. The second-order valence-electron chi connectivity index (χ2n) is 13.4. The Hall–Kier alpha value is -4.98. The van der Waals surface area contributed by atoms with Gasteiger partial charge in [0.15, 0.2) is 0 Å². The van der Waals surface area contributed by atoms with Gasteiger partial charge in [0.25, 0.3) is 0 Å². The Morgan fingerprint density at radius 1 is 0.478 bits per heavy atom. The van der Waals surface area contributed by atoms with Crippen LogP contribution in [0.2, 0.25) is 0 Å². The van der Waals surface area contributed by atoms with E-state index in [4.69, 9.17) is 0 Å². The monoisotopic (exact) mass is 606 g/mol. The van der Waals surface area contributed by atoms with Crippen molar-refractivity contribution in [1.29, 1.82) is 0 Å². The van der Waals surface area contributed by atoms with E-state index in [-0.39, 0.29) is 5.41 Å². The third-order valence-corrected chi connectivity index (χ3v) is 11.6. The molecule has 0 N–H and O–H groups in total. The average Bonchev–Trinajstić information content (AvgIpc) is 3.54. The molecule has 0 atom stereocenters. The second kappa shape index (κ2) is 10.0. The van der Waals surface area contributed by atoms with Crippen LogP contribution in [0.5, 0.6) is 0 Å². The smallest absolute Gasteiger partial charge is 0.0396 e. The summed E-state index contributed by atoms with van der Waals surface area (Å²) in [6.45, 7) is 9.36. The molecule has 0 bridgehead atoms. The lowest BCUT2D eigenvalue weighted by molar-refractivity contribution is 0.658. The zero-order chi connectivity index (χ0) is 31.2. The van der Waals surface area contributed by atoms with Crippen molar-refractivity contribution in [2.75, 3.05) is 0 Å². The predicted molar refractivity (Wildman–Crippen MR) is 200 cm³/mol. The van der Waals surface area contributed by atoms with Crippen LogP contribution in [0, 0.1) is 13.8 Å². The van der Waals surface area contributed by atoms with E-state index < -0.39 is 0 Å². The van der Waals surface area contributed by atoms with Gasteiger partial charge in [-0.2, -0.15) is 0 Å². The quantitative estimate of drug-likeness (QED) is 0.176. The SMILES string of the molecule is Cc1cc(-c2c3ccccc3c(-c3ccc4c(c3)C(C)(C)c3c-4sc(-c4ccccc4)c3C)c3ccccc23)c2ccccc2c1. The van der Waals surface area contributed by atoms with E-state index in [1.807, 2.05) is 11.3 Å². The molecule has 46 heavy (non-hydrogen) atoms. The number of benzene rings is 7. The van der Waals surface area contributed by atoms with Gasteiger partial charge in [-0.05, 0) is 108 Å². The molecule has 0 aliphatic heterocycles. The van der Waals surface area contributed by atoms with Crippen molar-refractivity contribution in [3.05, 3.63) is 156 Å². The van der Waals surface area contributed by atoms with Crippen LogP contribution in [0.25, 0.3) is 75.5 Å². The van der Waals surface area contributed by atoms with Crippen molar-refractivity contribution in [1.82, 2.24) is 0 Å². The van der Waals surface area contributed by atoms with E-state index in [0.29, 0.717) is 0 Å². The van der Waals surface area contributed by atoms with Gasteiger partial charge < -0.3 is 0 Å². The maximum atomic E-state index is 2.50. The molecule has 8 aromatic rings. The molecule has 0 nitrogen and oxygen atoms in total. The van der Waals surface area contributed by atoms with Gasteiger partial charge in [-0.1, -0.05) is 141 Å². The third-order valence-electron chi connectivity index (χ3n) is 10.2. The molecule has 0 saturated heterocycles. The van der Waals surface area contributed by atoms with Gasteiger partial charge in [0.2, 0.25) is 0 Å². The van der Waals surface area contributed by atoms with Crippen LogP contribution in [-0.2, 0) is 5.41 Å². The molecule has 1 heterocycles. The summed E-state index contributed by atoms with van der Waals surface area (Å²) in [5.41, 5.74) is 13.5. The zero-order valence-corrected chi connectivity index (χ0v) is 27.4. The van der Waals surface area contributed by atoms with Gasteiger partial charge in [-0.15, -0.1) is 11.3 Å². The molecule has 0 radical (unpaired) electrons. The summed E-state index contributed by atoms with van der Waals surface area (Å²) in [6.07, 6.45) is 0. The Kier molecular flexibility index (Phi) is 5.95. The molecule has 0 amide bonds. The van der Waals surface area contributed by atoms with Gasteiger partial charge in [-0.3, -0.25) is 0 Å². The summed E-state index contributed by atoms with van der Waals surface area (Å²) in [7, 11) is 0. The van der Waals surface area contributed by atoms with Crippen LogP contribution in [0.4, 0.5) is 0 Å². The fourth-order valence-electron chi connectivity index (χ4n) is 8.27. The maximum absolute atomic E-state index is 2.50. The van der Waals surface area contributed by atoms with Gasteiger partial charge >= 0.3 is 0 Å². The minimum absolute atomic E-state index is 0.0830. The number of rotatable bonds is 3. The number of aryl methyl sites for hydroxylation is 1. The molecule has 1 aliphatic carbocycles. The van der Waals surface area contributed by atoms with Crippen LogP contribution in [0.3, 0.4) is 0 Å². The lowest BCUT2D eigenvalue weighted by atomic mass is 9.79. The van der Waals surface area contributed by atoms with E-state index in [1.54, 1.807) is 0 Å². The average molecular weight is 607 g/mol. The Morgan fingerprint density at radius 2 is 1.07 bits per heavy atom. The van der Waals surface area contributed by atoms with Crippen LogP contribution in [-0.4, -0.2) is 0 Å². The van der Waals surface area contributed by atoms with Crippen molar-refractivity contribution < 1.29 is 0 Å². The first-order valence-corrected chi connectivity index (χ1v) is 17.0. The van der Waals surface area contributed by atoms with E-state index in [0.717, 1.165) is 0 Å². The molecule has 1 aliphatic rings. The van der Waals surface area contributed by atoms with Crippen LogP contribution in [0.1, 0.15) is 36.1 Å². The Morgan fingerprint density at radius 3 is 1.74 bits per heavy atom. The highest BCUT2D eigenvalue weighted by Crippen LogP contribution is 2.57. The predicted octanol–water partition coefficient (Wildman–Crippen LogP) is 13.1. The molecule has 1 heteroatoms. The summed E-state index contributed by atoms with van der Waals surface area (Å²) >= 11 is 1.96. The number of hydrogen-bond donors (Lipinski definition) is 0. The molecular formula is C45H34S. The normalized spacial score (nSPS) is 13.4. The number of fused-ring (bicyclic) bond motifs is 6. The number of hydrogen-bond acceptors (Lipinski definition) is 1. The van der Waals surface area contributed by atoms with Crippen LogP contribution < -0.4 is 0 Å². The number of thiophene rings is 1. The molecule has 9 rings (SSSR count). The van der Waals surface area contributed by atoms with Crippen molar-refractivity contribution in [3.8, 4) is 43.1 Å². The fourth-order valence-corrected chi connectivity index (χ4v) is 9.78. The van der Waals surface area contributed by atoms with Gasteiger partial charge in [0.05, 0.1) is 0 Å². The molecule has 0 unspecified atom stereocenters. The van der Waals surface area contributed by atoms with Crippen molar-refractivity contribution in [2.24, 2.45) is 0 Å². The largest absolute Gasteiger partial charge is 0.135 e. The lowest BCUT2D eigenvalue weighted by Crippen LogP contribution is -2.16. The van der Waals surface area contributed by atoms with Crippen molar-refractivity contribution in [2.45, 2.75) is 33.1 Å². The minimum Gasteiger partial charge on any atom is -0.135 e. The molecule has 7 aromatic carbocycles. The highest BCUT2D eigenvalue weighted by molar-refractivity contribution is 7.19. The zero-order valence-electron chi connectivity index (χ0n) is 26.6. The fraction of sp³-hybridized carbons (Fsp3) is 0.111. The van der Waals surface area contributed by atoms with Crippen LogP contribution >= 0.6 is 11.3 Å². The molecule has 220 valence electrons. The van der Waals surface area contributed by atoms with E-state index >= 15 is 0 Å². The van der Waals surface area contributed by atoms with Gasteiger partial charge in [-0.25, -0.2) is 0 Å². The van der Waals surface area contributed by atoms with E-state index in [1.165, 1.54) is 97.7 Å². The Balaban J connectivity index is 1.31. The summed E-state index contributed by atoms with van der Waals surface area (Å²) in [4.78, 5) is 2.82. The molecule has 0 spiro atoms. The topological polar surface area (TPSA) is 0 Å². The van der Waals surface area contributed by atoms with E-state index in [9.17, 15) is 0 Å². The highest BCUT2D eigenvalue weighted by Gasteiger charge is 2.40. The van der Waals surface area contributed by atoms with Gasteiger partial charge in [0.1, 0.15) is 0 Å². The summed E-state index contributed by atoms with van der Waals surface area (Å²) in [6, 6.07) is 49.7. The second-order valence-corrected chi connectivity index (χ2v) is 14.4. The molecular weight excluding hydrogens is 573 g/mol. The standard InChI is InChI=1S/C45H34S/c1-27-24-30-16-8-9-17-32(30)38(25-27)41-35-20-12-10-18-33(35)40(34-19-11-13-21-36(34)41)31-22-23-37-39(26-31)45(3,4)42-28(2)43(46-44(37)42)29-14-6-5-7-15-29/h5-26H,1-4H3. The van der Waals surface area contributed by atoms with Crippen LogP contribution in [0.15, 0.2) is 133 Å². The molecule has 0 saturated carbocycles. The van der Waals surface area contributed by atoms with Crippen molar-refractivity contribution >= 4 is 43.7 Å². The maximum Gasteiger partial charge on any atom is 0.0396 e. The van der Waals surface area contributed by atoms with Gasteiger partial charge in [0, 0.05) is 15.2 Å². The van der Waals surface area contributed by atoms with Crippen molar-refractivity contribution in [3.63, 3.8) is 0 Å². The molecule has 1 aromatic heterocycles. The first-order chi connectivity index (χ1) is 22.4. The summed E-state index contributed by atoms with van der Waals surface area (Å²) in [5.74, 6) is 0. The summed E-state index contributed by atoms with van der Waals surface area (Å²) < 4.78 is 0. The minimum atomic E-state index is -0.0830. The Labute approximate surface area is 274 Å². The third kappa shape index (κ3) is 3.85. The first-order valence-electron chi connectivity index (χ1n) is 16.2. The molecule has 0 fully saturated rings. The highest BCUT2D eigenvalue weighted by atomic mass is 32.1.